The largest absolute Gasteiger partial charge is 0.490 e. The number of aromatic amines is 1. The average molecular weight is 928 g/mol. The molecule has 0 radical (unpaired) electrons. The fourth-order valence-corrected chi connectivity index (χ4v) is 9.81. The van der Waals surface area contributed by atoms with Gasteiger partial charge in [-0.2, -0.15) is 5.26 Å². The summed E-state index contributed by atoms with van der Waals surface area (Å²) < 4.78 is 6.08. The number of hydrogen-bond acceptors (Lipinski definition) is 13. The van der Waals surface area contributed by atoms with Crippen LogP contribution in [0, 0.1) is 17.2 Å². The Morgan fingerprint density at radius 3 is 2.22 bits per heavy atom. The van der Waals surface area contributed by atoms with Gasteiger partial charge in [-0.25, -0.2) is 4.98 Å². The molecule has 1 aromatic carbocycles. The molecule has 17 nitrogen and oxygen atoms in total. The van der Waals surface area contributed by atoms with Gasteiger partial charge in [0.1, 0.15) is 17.5 Å². The lowest BCUT2D eigenvalue weighted by atomic mass is 9.92. The molecule has 0 unspecified atom stereocenters. The summed E-state index contributed by atoms with van der Waals surface area (Å²) in [5.74, 6) is 0.944. The van der Waals surface area contributed by atoms with Gasteiger partial charge in [0.2, 0.25) is 5.91 Å². The minimum atomic E-state index is -0.261. The Labute approximate surface area is 394 Å². The summed E-state index contributed by atoms with van der Waals surface area (Å²) in [5.41, 5.74) is 5.35. The number of rotatable bonds is 11. The number of aromatic nitrogens is 5. The van der Waals surface area contributed by atoms with Gasteiger partial charge in [-0.15, -0.1) is 10.2 Å². The van der Waals surface area contributed by atoms with Crippen LogP contribution in [0.4, 0.5) is 11.5 Å². The normalized spacial score (nSPS) is 19.5. The van der Waals surface area contributed by atoms with Gasteiger partial charge in [-0.3, -0.25) is 29.1 Å². The van der Waals surface area contributed by atoms with E-state index in [1.807, 2.05) is 42.3 Å². The lowest BCUT2D eigenvalue weighted by molar-refractivity contribution is -0.137. The molecule has 1 saturated carbocycles. The molecule has 3 amide bonds. The predicted molar refractivity (Wildman–Crippen MR) is 253 cm³/mol. The number of nitrogens with zero attached hydrogens (tertiary/aromatic N) is 10. The first-order valence-electron chi connectivity index (χ1n) is 23.4. The topological polar surface area (TPSA) is 197 Å². The first-order chi connectivity index (χ1) is 32.6. The third-order valence-corrected chi connectivity index (χ3v) is 13.9. The van der Waals surface area contributed by atoms with Crippen molar-refractivity contribution in [3.05, 3.63) is 110 Å². The number of pyridine rings is 3. The Morgan fingerprint density at radius 2 is 1.55 bits per heavy atom. The van der Waals surface area contributed by atoms with Crippen molar-refractivity contribution in [3.63, 3.8) is 0 Å². The number of piperazine rings is 2. The highest BCUT2D eigenvalue weighted by atomic mass is 35.5. The lowest BCUT2D eigenvalue weighted by Gasteiger charge is -2.38. The Balaban J connectivity index is 0.670. The van der Waals surface area contributed by atoms with Crippen molar-refractivity contribution in [3.8, 4) is 11.8 Å². The highest BCUT2D eigenvalue weighted by Gasteiger charge is 2.33. The highest BCUT2D eigenvalue weighted by Crippen LogP contribution is 2.29. The SMILES string of the molecule is CCc1cc2ncc(CN3CCN(c4ccc(C(=O)N5CCN(C(=O)C6CCN(c7ccc(C(=O)NC8CCC(Oc9ccc(C#N)c(Cl)c9)CC8)nn7)CC6)CC5)nc4)CC3)cc2[nH]c1=O. The molecule has 5 aromatic rings. The minimum absolute atomic E-state index is 0.00387. The Bertz CT molecular complexity index is 2680. The Morgan fingerprint density at radius 1 is 0.806 bits per heavy atom. The van der Waals surface area contributed by atoms with Crippen molar-refractivity contribution in [1.29, 1.82) is 5.26 Å². The quantitative estimate of drug-likeness (QED) is 0.183. The van der Waals surface area contributed by atoms with Crippen LogP contribution in [-0.4, -0.2) is 135 Å². The highest BCUT2D eigenvalue weighted by molar-refractivity contribution is 6.31. The average Bonchev–Trinajstić information content (AvgIpc) is 3.37. The molecule has 0 bridgehead atoms. The molecule has 3 aliphatic heterocycles. The molecule has 1 aliphatic carbocycles. The number of hydrogen-bond donors (Lipinski definition) is 2. The van der Waals surface area contributed by atoms with Gasteiger partial charge in [0.15, 0.2) is 11.5 Å². The van der Waals surface area contributed by atoms with Crippen LogP contribution in [0.2, 0.25) is 5.02 Å². The van der Waals surface area contributed by atoms with Crippen molar-refractivity contribution in [2.45, 2.75) is 70.6 Å². The lowest BCUT2D eigenvalue weighted by Crippen LogP contribution is -2.53. The van der Waals surface area contributed by atoms with E-state index in [0.29, 0.717) is 86.4 Å². The van der Waals surface area contributed by atoms with E-state index in [1.54, 1.807) is 41.4 Å². The van der Waals surface area contributed by atoms with Crippen molar-refractivity contribution >= 4 is 51.9 Å². The second-order valence-electron chi connectivity index (χ2n) is 17.9. The van der Waals surface area contributed by atoms with Gasteiger partial charge >= 0.3 is 0 Å². The van der Waals surface area contributed by atoms with E-state index in [0.717, 1.165) is 86.3 Å². The number of fused-ring (bicyclic) bond motifs is 1. The molecule has 3 saturated heterocycles. The molecule has 67 heavy (non-hydrogen) atoms. The molecule has 4 aliphatic rings. The van der Waals surface area contributed by atoms with E-state index in [-0.39, 0.29) is 47.0 Å². The zero-order chi connectivity index (χ0) is 46.4. The number of H-pyrrole nitrogens is 1. The fourth-order valence-electron chi connectivity index (χ4n) is 9.60. The van der Waals surface area contributed by atoms with E-state index in [4.69, 9.17) is 21.6 Å². The van der Waals surface area contributed by atoms with Crippen LogP contribution in [-0.2, 0) is 17.8 Å². The van der Waals surface area contributed by atoms with Crippen molar-refractivity contribution in [1.82, 2.24) is 45.2 Å². The number of nitrogens with one attached hydrogen (secondary N) is 2. The molecule has 7 heterocycles. The third-order valence-electron chi connectivity index (χ3n) is 13.6. The fraction of sp³-hybridized carbons (Fsp3) is 0.449. The van der Waals surface area contributed by atoms with Crippen LogP contribution >= 0.6 is 11.6 Å². The summed E-state index contributed by atoms with van der Waals surface area (Å²) in [6, 6.07) is 18.3. The van der Waals surface area contributed by atoms with Gasteiger partial charge in [0.25, 0.3) is 17.4 Å². The monoisotopic (exact) mass is 926 g/mol. The third kappa shape index (κ3) is 10.7. The number of nitriles is 1. The van der Waals surface area contributed by atoms with Crippen LogP contribution in [0.25, 0.3) is 11.0 Å². The number of carbonyl (C=O) groups excluding carboxylic acids is 3. The number of halogens is 1. The van der Waals surface area contributed by atoms with Gasteiger partial charge < -0.3 is 34.6 Å². The molecule has 4 aromatic heterocycles. The van der Waals surface area contributed by atoms with Gasteiger partial charge in [-0.05, 0) is 99.0 Å². The molecule has 348 valence electrons. The van der Waals surface area contributed by atoms with Crippen LogP contribution in [0.1, 0.15) is 83.1 Å². The van der Waals surface area contributed by atoms with Crippen LogP contribution in [0.15, 0.2) is 71.8 Å². The van der Waals surface area contributed by atoms with Gasteiger partial charge in [0.05, 0.1) is 39.6 Å². The maximum atomic E-state index is 13.6. The second-order valence-corrected chi connectivity index (χ2v) is 18.3. The predicted octanol–water partition coefficient (Wildman–Crippen LogP) is 4.84. The van der Waals surface area contributed by atoms with E-state index in [9.17, 15) is 19.2 Å². The Kier molecular flexibility index (Phi) is 13.9. The van der Waals surface area contributed by atoms with Crippen LogP contribution in [0.5, 0.6) is 5.75 Å². The van der Waals surface area contributed by atoms with Crippen LogP contribution < -0.4 is 25.4 Å². The molecule has 9 rings (SSSR count). The molecule has 4 fully saturated rings. The van der Waals surface area contributed by atoms with Crippen LogP contribution in [0.3, 0.4) is 0 Å². The maximum Gasteiger partial charge on any atom is 0.272 e. The van der Waals surface area contributed by atoms with E-state index in [2.05, 4.69) is 51.2 Å². The van der Waals surface area contributed by atoms with Gasteiger partial charge in [0, 0.05) is 102 Å². The summed E-state index contributed by atoms with van der Waals surface area (Å²) in [7, 11) is 0. The summed E-state index contributed by atoms with van der Waals surface area (Å²) in [6.45, 7) is 9.26. The zero-order valence-corrected chi connectivity index (χ0v) is 38.5. The first-order valence-corrected chi connectivity index (χ1v) is 23.8. The van der Waals surface area contributed by atoms with E-state index in [1.165, 1.54) is 0 Å². The molecular weight excluding hydrogens is 872 g/mol. The number of anilines is 2. The first kappa shape index (κ1) is 45.5. The smallest absolute Gasteiger partial charge is 0.272 e. The summed E-state index contributed by atoms with van der Waals surface area (Å²) in [6.07, 6.45) is 8.79. The number of amides is 3. The molecule has 18 heteroatoms. The molecule has 0 spiro atoms. The molecule has 2 N–H and O–H groups in total. The number of aryl methyl sites for hydroxylation is 1. The standard InChI is InChI=1S/C49H55ClN12O5/c1-2-33-26-43-44(55-46(33)63)25-32(29-52-43)31-58-17-19-59(20-18-58)37-6-10-42(53-30-37)49(66)62-23-21-61(22-24-62)48(65)34-13-15-60(16-14-34)45-12-11-41(56-57-45)47(64)54-36-4-8-38(9-5-36)67-39-7-3-35(28-51)40(50)27-39/h3,6-7,10-12,25-27,29-30,34,36,38H,2,4-5,8-9,13-24,31H2,1H3,(H,54,64)(H,55,63). The minimum Gasteiger partial charge on any atom is -0.490 e. The van der Waals surface area contributed by atoms with Gasteiger partial charge in [-0.1, -0.05) is 18.5 Å². The Hall–Kier alpha value is -6.64. The summed E-state index contributed by atoms with van der Waals surface area (Å²) in [5, 5.41) is 21.2. The van der Waals surface area contributed by atoms with E-state index >= 15 is 0 Å². The summed E-state index contributed by atoms with van der Waals surface area (Å²) in [4.78, 5) is 75.0. The van der Waals surface area contributed by atoms with Crippen molar-refractivity contribution < 1.29 is 19.1 Å². The number of ether oxygens (including phenoxy) is 1. The number of benzene rings is 1. The maximum absolute atomic E-state index is 13.6. The van der Waals surface area contributed by atoms with E-state index < -0.39 is 0 Å². The molecule has 0 atom stereocenters. The van der Waals surface area contributed by atoms with Crippen molar-refractivity contribution in [2.24, 2.45) is 5.92 Å². The summed E-state index contributed by atoms with van der Waals surface area (Å²) >= 11 is 6.15. The van der Waals surface area contributed by atoms with Crippen molar-refractivity contribution in [2.75, 3.05) is 75.2 Å². The zero-order valence-electron chi connectivity index (χ0n) is 37.7. The second kappa shape index (κ2) is 20.5. The number of carbonyl (C=O) groups is 3. The molecular formula is C49H55ClN12O5. The number of piperidine rings is 1.